The molecule has 0 atom stereocenters. The van der Waals surface area contributed by atoms with Crippen LogP contribution in [0.25, 0.3) is 0 Å². The summed E-state index contributed by atoms with van der Waals surface area (Å²) in [5, 5.41) is 10.6. The number of hydrogen-bond donors (Lipinski definition) is 0. The van der Waals surface area contributed by atoms with Crippen molar-refractivity contribution in [2.45, 2.75) is 26.8 Å². The van der Waals surface area contributed by atoms with Gasteiger partial charge in [-0.1, -0.05) is 19.1 Å². The van der Waals surface area contributed by atoms with Crippen molar-refractivity contribution in [3.05, 3.63) is 39.9 Å². The van der Waals surface area contributed by atoms with E-state index in [4.69, 9.17) is 4.74 Å². The van der Waals surface area contributed by atoms with E-state index in [0.29, 0.717) is 13.2 Å². The molecular formula is C14H20N2O4. The zero-order valence-electron chi connectivity index (χ0n) is 11.9. The molecule has 20 heavy (non-hydrogen) atoms. The quantitative estimate of drug-likeness (QED) is 0.415. The van der Waals surface area contributed by atoms with Gasteiger partial charge in [0.2, 0.25) is 0 Å². The Morgan fingerprint density at radius 1 is 1.30 bits per heavy atom. The van der Waals surface area contributed by atoms with Crippen molar-refractivity contribution >= 4 is 11.7 Å². The van der Waals surface area contributed by atoms with E-state index in [9.17, 15) is 14.9 Å². The van der Waals surface area contributed by atoms with Crippen molar-refractivity contribution < 1.29 is 14.5 Å². The summed E-state index contributed by atoms with van der Waals surface area (Å²) < 4.78 is 4.94. The molecule has 6 heteroatoms. The van der Waals surface area contributed by atoms with Crippen LogP contribution in [-0.2, 0) is 16.1 Å². The van der Waals surface area contributed by atoms with E-state index in [1.807, 2.05) is 11.8 Å². The zero-order chi connectivity index (χ0) is 15.0. The average molecular weight is 280 g/mol. The predicted molar refractivity (Wildman–Crippen MR) is 75.3 cm³/mol. The summed E-state index contributed by atoms with van der Waals surface area (Å²) in [6.07, 6.45) is 0.923. The van der Waals surface area contributed by atoms with Gasteiger partial charge in [0.1, 0.15) is 0 Å². The van der Waals surface area contributed by atoms with Gasteiger partial charge >= 0.3 is 5.97 Å². The van der Waals surface area contributed by atoms with Gasteiger partial charge in [-0.2, -0.15) is 0 Å². The summed E-state index contributed by atoms with van der Waals surface area (Å²) in [7, 11) is 0. The fourth-order valence-electron chi connectivity index (χ4n) is 1.90. The second-order valence-corrected chi connectivity index (χ2v) is 4.44. The molecule has 0 aliphatic heterocycles. The monoisotopic (exact) mass is 280 g/mol. The minimum Gasteiger partial charge on any atom is -0.465 e. The molecule has 0 N–H and O–H groups in total. The molecule has 0 fully saturated rings. The molecule has 0 aliphatic rings. The summed E-state index contributed by atoms with van der Waals surface area (Å²) >= 11 is 0. The predicted octanol–water partition coefficient (Wildman–Crippen LogP) is 2.37. The highest BCUT2D eigenvalue weighted by atomic mass is 16.6. The molecule has 0 aliphatic carbocycles. The zero-order valence-corrected chi connectivity index (χ0v) is 11.9. The second-order valence-electron chi connectivity index (χ2n) is 4.44. The molecule has 0 bridgehead atoms. The molecule has 0 spiro atoms. The number of carbonyl (C=O) groups is 1. The van der Waals surface area contributed by atoms with E-state index in [2.05, 4.69) is 0 Å². The summed E-state index contributed by atoms with van der Waals surface area (Å²) in [6, 6.07) is 6.38. The molecular weight excluding hydrogens is 260 g/mol. The second kappa shape index (κ2) is 8.27. The van der Waals surface area contributed by atoms with Crippen molar-refractivity contribution in [2.24, 2.45) is 0 Å². The average Bonchev–Trinajstić information content (AvgIpc) is 2.39. The Balaban J connectivity index is 2.64. The molecule has 0 amide bonds. The van der Waals surface area contributed by atoms with Crippen LogP contribution in [0.15, 0.2) is 24.3 Å². The van der Waals surface area contributed by atoms with Crippen molar-refractivity contribution in [3.8, 4) is 0 Å². The van der Waals surface area contributed by atoms with Gasteiger partial charge in [-0.3, -0.25) is 19.8 Å². The van der Waals surface area contributed by atoms with Gasteiger partial charge in [0.25, 0.3) is 5.69 Å². The first-order valence-electron chi connectivity index (χ1n) is 6.68. The third kappa shape index (κ3) is 5.36. The molecule has 0 aromatic heterocycles. The van der Waals surface area contributed by atoms with E-state index >= 15 is 0 Å². The van der Waals surface area contributed by atoms with Crippen LogP contribution in [0.3, 0.4) is 0 Å². The smallest absolute Gasteiger partial charge is 0.320 e. The van der Waals surface area contributed by atoms with Crippen molar-refractivity contribution in [1.29, 1.82) is 0 Å². The number of benzene rings is 1. The van der Waals surface area contributed by atoms with Gasteiger partial charge in [-0.15, -0.1) is 0 Å². The normalized spacial score (nSPS) is 10.6. The van der Waals surface area contributed by atoms with Crippen LogP contribution in [0, 0.1) is 10.1 Å². The number of hydrogen-bond acceptors (Lipinski definition) is 5. The van der Waals surface area contributed by atoms with Crippen molar-refractivity contribution in [1.82, 2.24) is 4.90 Å². The Morgan fingerprint density at radius 3 is 2.45 bits per heavy atom. The highest BCUT2D eigenvalue weighted by Crippen LogP contribution is 2.13. The molecule has 110 valence electrons. The Hall–Kier alpha value is -1.95. The van der Waals surface area contributed by atoms with Crippen molar-refractivity contribution in [2.75, 3.05) is 19.7 Å². The number of carbonyl (C=O) groups excluding carboxylic acids is 1. The number of nitro benzene ring substituents is 1. The fourth-order valence-corrected chi connectivity index (χ4v) is 1.90. The Kier molecular flexibility index (Phi) is 6.66. The van der Waals surface area contributed by atoms with Gasteiger partial charge in [0.15, 0.2) is 0 Å². The van der Waals surface area contributed by atoms with Crippen LogP contribution >= 0.6 is 0 Å². The van der Waals surface area contributed by atoms with Crippen LogP contribution in [0.1, 0.15) is 25.8 Å². The van der Waals surface area contributed by atoms with Gasteiger partial charge in [0.05, 0.1) is 18.1 Å². The molecule has 6 nitrogen and oxygen atoms in total. The van der Waals surface area contributed by atoms with E-state index in [1.54, 1.807) is 19.1 Å². The Bertz CT molecular complexity index is 445. The van der Waals surface area contributed by atoms with E-state index in [1.165, 1.54) is 12.1 Å². The minimum atomic E-state index is -0.424. The van der Waals surface area contributed by atoms with Gasteiger partial charge in [-0.05, 0) is 25.5 Å². The van der Waals surface area contributed by atoms with Crippen LogP contribution < -0.4 is 0 Å². The molecule has 0 heterocycles. The lowest BCUT2D eigenvalue weighted by atomic mass is 10.2. The van der Waals surface area contributed by atoms with E-state index in [-0.39, 0.29) is 18.2 Å². The molecule has 1 aromatic rings. The molecule has 1 rings (SSSR count). The highest BCUT2D eigenvalue weighted by molar-refractivity contribution is 5.71. The molecule has 0 unspecified atom stereocenters. The first-order chi connectivity index (χ1) is 9.56. The maximum atomic E-state index is 11.5. The molecule has 1 aromatic carbocycles. The number of nitrogens with zero attached hydrogens (tertiary/aromatic N) is 2. The summed E-state index contributed by atoms with van der Waals surface area (Å²) in [4.78, 5) is 23.6. The standard InChI is InChI=1S/C14H20N2O4/c1-3-9-15(11-14(17)20-4-2)10-12-5-7-13(8-6-12)16(18)19/h5-8H,3-4,9-11H2,1-2H3. The molecule has 0 radical (unpaired) electrons. The fraction of sp³-hybridized carbons (Fsp3) is 0.500. The Labute approximate surface area is 118 Å². The third-order valence-electron chi connectivity index (χ3n) is 2.75. The van der Waals surface area contributed by atoms with Crippen LogP contribution in [0.4, 0.5) is 5.69 Å². The van der Waals surface area contributed by atoms with Crippen molar-refractivity contribution in [3.63, 3.8) is 0 Å². The van der Waals surface area contributed by atoms with Crippen LogP contribution in [-0.4, -0.2) is 35.5 Å². The Morgan fingerprint density at radius 2 is 1.95 bits per heavy atom. The van der Waals surface area contributed by atoms with E-state index < -0.39 is 4.92 Å². The summed E-state index contributed by atoms with van der Waals surface area (Å²) in [5.41, 5.74) is 1.01. The lowest BCUT2D eigenvalue weighted by Gasteiger charge is -2.20. The van der Waals surface area contributed by atoms with Gasteiger partial charge < -0.3 is 4.74 Å². The number of rotatable bonds is 8. The molecule has 0 saturated carbocycles. The van der Waals surface area contributed by atoms with Crippen LogP contribution in [0.5, 0.6) is 0 Å². The van der Waals surface area contributed by atoms with Crippen LogP contribution in [0.2, 0.25) is 0 Å². The number of ether oxygens (including phenoxy) is 1. The number of non-ortho nitro benzene ring substituents is 1. The maximum absolute atomic E-state index is 11.5. The number of nitro groups is 1. The minimum absolute atomic E-state index is 0.0705. The van der Waals surface area contributed by atoms with E-state index in [0.717, 1.165) is 18.5 Å². The largest absolute Gasteiger partial charge is 0.465 e. The molecule has 0 saturated heterocycles. The number of esters is 1. The summed E-state index contributed by atoms with van der Waals surface area (Å²) in [5.74, 6) is -0.247. The first-order valence-corrected chi connectivity index (χ1v) is 6.68. The maximum Gasteiger partial charge on any atom is 0.320 e. The first kappa shape index (κ1) is 16.1. The third-order valence-corrected chi connectivity index (χ3v) is 2.75. The SMILES string of the molecule is CCCN(CC(=O)OCC)Cc1ccc([N+](=O)[O-])cc1. The van der Waals surface area contributed by atoms with Gasteiger partial charge in [0, 0.05) is 18.7 Å². The highest BCUT2D eigenvalue weighted by Gasteiger charge is 2.12. The lowest BCUT2D eigenvalue weighted by Crippen LogP contribution is -2.31. The summed E-state index contributed by atoms with van der Waals surface area (Å²) in [6.45, 7) is 5.77. The lowest BCUT2D eigenvalue weighted by molar-refractivity contribution is -0.384. The van der Waals surface area contributed by atoms with Gasteiger partial charge in [-0.25, -0.2) is 0 Å². The topological polar surface area (TPSA) is 72.7 Å².